The van der Waals surface area contributed by atoms with Crippen LogP contribution in [0.2, 0.25) is 0 Å². The first kappa shape index (κ1) is 18.4. The minimum absolute atomic E-state index is 0.105. The number of benzene rings is 1. The Morgan fingerprint density at radius 2 is 2.12 bits per heavy atom. The lowest BCUT2D eigenvalue weighted by Gasteiger charge is -2.39. The molecule has 0 saturated carbocycles. The summed E-state index contributed by atoms with van der Waals surface area (Å²) < 4.78 is 35.1. The number of esters is 1. The number of rotatable bonds is 4. The number of amides is 1. The van der Waals surface area contributed by atoms with Crippen molar-refractivity contribution in [2.75, 3.05) is 12.9 Å². The molecular formula is C17H16F2N2O4S. The number of nitrogens with zero attached hydrogens (tertiary/aromatic N) is 2. The molecule has 6 nitrogen and oxygen atoms in total. The van der Waals surface area contributed by atoms with E-state index in [0.29, 0.717) is 16.6 Å². The van der Waals surface area contributed by atoms with Gasteiger partial charge in [-0.2, -0.15) is 8.78 Å². The van der Waals surface area contributed by atoms with Crippen LogP contribution in [-0.2, 0) is 14.3 Å². The fourth-order valence-corrected chi connectivity index (χ4v) is 3.98. The first-order chi connectivity index (χ1) is 12.4. The van der Waals surface area contributed by atoms with Crippen LogP contribution < -0.4 is 4.74 Å². The van der Waals surface area contributed by atoms with Crippen molar-refractivity contribution in [3.8, 4) is 5.75 Å². The van der Waals surface area contributed by atoms with E-state index in [1.165, 1.54) is 29.8 Å². The third-order valence-electron chi connectivity index (χ3n) is 4.04. The van der Waals surface area contributed by atoms with Crippen LogP contribution in [0.3, 0.4) is 0 Å². The van der Waals surface area contributed by atoms with Crippen LogP contribution in [0.25, 0.3) is 0 Å². The van der Waals surface area contributed by atoms with Crippen LogP contribution in [0, 0.1) is 0 Å². The molecule has 1 amide bonds. The first-order valence-corrected chi connectivity index (χ1v) is 8.79. The van der Waals surface area contributed by atoms with Crippen LogP contribution in [0.1, 0.15) is 24.9 Å². The molecule has 138 valence electrons. The number of halogens is 2. The summed E-state index contributed by atoms with van der Waals surface area (Å²) in [6, 6.07) is 5.16. The number of amidine groups is 1. The van der Waals surface area contributed by atoms with Gasteiger partial charge in [-0.05, 0) is 13.0 Å². The Hall–Kier alpha value is -2.42. The van der Waals surface area contributed by atoms with Crippen LogP contribution in [0.15, 0.2) is 40.5 Å². The van der Waals surface area contributed by atoms with Crippen molar-refractivity contribution < 1.29 is 27.8 Å². The van der Waals surface area contributed by atoms with Gasteiger partial charge >= 0.3 is 12.6 Å². The maximum Gasteiger partial charge on any atom is 0.387 e. The lowest BCUT2D eigenvalue weighted by Crippen LogP contribution is -2.45. The monoisotopic (exact) mass is 382 g/mol. The topological polar surface area (TPSA) is 68.2 Å². The van der Waals surface area contributed by atoms with Gasteiger partial charge in [0.1, 0.15) is 11.8 Å². The van der Waals surface area contributed by atoms with Gasteiger partial charge in [0.15, 0.2) is 5.17 Å². The molecule has 3 rings (SSSR count). The molecule has 1 saturated heterocycles. The number of hydrogen-bond donors (Lipinski definition) is 0. The van der Waals surface area contributed by atoms with Crippen LogP contribution in [0.4, 0.5) is 8.78 Å². The average Bonchev–Trinajstić information content (AvgIpc) is 2.60. The summed E-state index contributed by atoms with van der Waals surface area (Å²) in [7, 11) is 1.22. The van der Waals surface area contributed by atoms with Crippen molar-refractivity contribution >= 4 is 28.8 Å². The Balaban J connectivity index is 2.19. The number of ether oxygens (including phenoxy) is 2. The SMILES string of the molecule is COC(=O)C1=C(C)N=C2SCCC(=O)N2C1c1ccccc1OC(F)F. The zero-order valence-corrected chi connectivity index (χ0v) is 14.9. The van der Waals surface area contributed by atoms with Gasteiger partial charge in [-0.25, -0.2) is 9.79 Å². The zero-order valence-electron chi connectivity index (χ0n) is 14.1. The number of para-hydroxylation sites is 1. The van der Waals surface area contributed by atoms with Crippen molar-refractivity contribution in [3.05, 3.63) is 41.1 Å². The van der Waals surface area contributed by atoms with Crippen molar-refractivity contribution in [1.29, 1.82) is 0 Å². The molecule has 1 fully saturated rings. The second kappa shape index (κ2) is 7.45. The minimum atomic E-state index is -3.04. The molecule has 0 aromatic heterocycles. The predicted octanol–water partition coefficient (Wildman–Crippen LogP) is 3.11. The van der Waals surface area contributed by atoms with Crippen LogP contribution in [0.5, 0.6) is 5.75 Å². The highest BCUT2D eigenvalue weighted by atomic mass is 32.2. The van der Waals surface area contributed by atoms with Gasteiger partial charge in [0.2, 0.25) is 5.91 Å². The molecule has 0 spiro atoms. The van der Waals surface area contributed by atoms with E-state index in [1.54, 1.807) is 25.1 Å². The maximum absolute atomic E-state index is 12.8. The average molecular weight is 382 g/mol. The highest BCUT2D eigenvalue weighted by Crippen LogP contribution is 2.43. The Labute approximate surface area is 152 Å². The second-order valence-electron chi connectivity index (χ2n) is 5.57. The van der Waals surface area contributed by atoms with Gasteiger partial charge in [-0.15, -0.1) is 0 Å². The second-order valence-corrected chi connectivity index (χ2v) is 6.63. The van der Waals surface area contributed by atoms with Crippen LogP contribution >= 0.6 is 11.8 Å². The van der Waals surface area contributed by atoms with E-state index in [-0.39, 0.29) is 29.2 Å². The molecule has 1 atom stereocenters. The van der Waals surface area contributed by atoms with E-state index < -0.39 is 18.6 Å². The number of thioether (sulfide) groups is 1. The largest absolute Gasteiger partial charge is 0.466 e. The standard InChI is InChI=1S/C17H16F2N2O4S/c1-9-13(15(23)24-2)14(21-12(22)7-8-26-17(21)20-9)10-5-3-4-6-11(10)25-16(18)19/h3-6,14,16H,7-8H2,1-2H3. The Kier molecular flexibility index (Phi) is 5.26. The smallest absolute Gasteiger partial charge is 0.387 e. The van der Waals surface area contributed by atoms with E-state index in [4.69, 9.17) is 4.74 Å². The lowest BCUT2D eigenvalue weighted by molar-refractivity contribution is -0.137. The summed E-state index contributed by atoms with van der Waals surface area (Å²) >= 11 is 1.37. The van der Waals surface area contributed by atoms with Gasteiger partial charge in [0.25, 0.3) is 0 Å². The third kappa shape index (κ3) is 3.31. The number of methoxy groups -OCH3 is 1. The highest BCUT2D eigenvalue weighted by Gasteiger charge is 2.42. The molecule has 2 heterocycles. The number of carbonyl (C=O) groups excluding carboxylic acids is 2. The maximum atomic E-state index is 12.8. The molecule has 26 heavy (non-hydrogen) atoms. The van der Waals surface area contributed by atoms with E-state index in [0.717, 1.165) is 0 Å². The molecule has 2 aliphatic rings. The number of aliphatic imine (C=N–C) groups is 1. The highest BCUT2D eigenvalue weighted by molar-refractivity contribution is 8.14. The molecule has 1 unspecified atom stereocenters. The van der Waals surface area contributed by atoms with Crippen molar-refractivity contribution in [3.63, 3.8) is 0 Å². The number of carbonyl (C=O) groups is 2. The molecule has 1 aromatic carbocycles. The number of fused-ring (bicyclic) bond motifs is 1. The van der Waals surface area contributed by atoms with Gasteiger partial charge in [-0.3, -0.25) is 9.69 Å². The Bertz CT molecular complexity index is 810. The molecule has 0 bridgehead atoms. The quantitative estimate of drug-likeness (QED) is 0.749. The molecule has 9 heteroatoms. The summed E-state index contributed by atoms with van der Waals surface area (Å²) in [5.41, 5.74) is 0.773. The fraction of sp³-hybridized carbons (Fsp3) is 0.353. The predicted molar refractivity (Wildman–Crippen MR) is 91.9 cm³/mol. The number of hydrogen-bond acceptors (Lipinski definition) is 6. The van der Waals surface area contributed by atoms with Crippen molar-refractivity contribution in [2.45, 2.75) is 26.0 Å². The summed E-state index contributed by atoms with van der Waals surface area (Å²) in [5, 5.41) is 0.434. The van der Waals surface area contributed by atoms with Crippen molar-refractivity contribution in [2.24, 2.45) is 4.99 Å². The Morgan fingerprint density at radius 3 is 2.81 bits per heavy atom. The van der Waals surface area contributed by atoms with E-state index in [2.05, 4.69) is 9.73 Å². The molecule has 2 aliphatic heterocycles. The molecular weight excluding hydrogens is 366 g/mol. The van der Waals surface area contributed by atoms with Crippen molar-refractivity contribution in [1.82, 2.24) is 4.90 Å². The van der Waals surface area contributed by atoms with Gasteiger partial charge in [0.05, 0.1) is 18.4 Å². The zero-order chi connectivity index (χ0) is 18.8. The van der Waals surface area contributed by atoms with Gasteiger partial charge < -0.3 is 9.47 Å². The Morgan fingerprint density at radius 1 is 1.38 bits per heavy atom. The van der Waals surface area contributed by atoms with E-state index in [9.17, 15) is 18.4 Å². The summed E-state index contributed by atoms with van der Waals surface area (Å²) in [5.74, 6) is -0.457. The molecule has 0 radical (unpaired) electrons. The first-order valence-electron chi connectivity index (χ1n) is 7.80. The van der Waals surface area contributed by atoms with Crippen LogP contribution in [-0.4, -0.2) is 41.4 Å². The number of allylic oxidation sites excluding steroid dienone is 1. The van der Waals surface area contributed by atoms with E-state index in [1.807, 2.05) is 0 Å². The minimum Gasteiger partial charge on any atom is -0.466 e. The fourth-order valence-electron chi connectivity index (χ4n) is 2.97. The number of alkyl halides is 2. The molecule has 0 aliphatic carbocycles. The molecule has 0 N–H and O–H groups in total. The van der Waals surface area contributed by atoms with Gasteiger partial charge in [0, 0.05) is 17.7 Å². The van der Waals surface area contributed by atoms with E-state index >= 15 is 0 Å². The summed E-state index contributed by atoms with van der Waals surface area (Å²) in [6.07, 6.45) is 0.256. The summed E-state index contributed by atoms with van der Waals surface area (Å²) in [6.45, 7) is -1.41. The van der Waals surface area contributed by atoms with Gasteiger partial charge in [-0.1, -0.05) is 30.0 Å². The lowest BCUT2D eigenvalue weighted by atomic mass is 9.93. The third-order valence-corrected chi connectivity index (χ3v) is 5.00. The molecule has 1 aromatic rings. The summed E-state index contributed by atoms with van der Waals surface area (Å²) in [4.78, 5) is 30.7. The normalized spacial score (nSPS) is 20.0.